The highest BCUT2D eigenvalue weighted by atomic mass is 32.7. The summed E-state index contributed by atoms with van der Waals surface area (Å²) in [7, 11) is -5.12. The summed E-state index contributed by atoms with van der Waals surface area (Å²) in [6.07, 6.45) is 11.6. The molecule has 3 unspecified atom stereocenters. The van der Waals surface area contributed by atoms with Crippen LogP contribution in [0.4, 0.5) is 10.2 Å². The first-order chi connectivity index (χ1) is 41.3. The number of nitrogens with one attached hydrogen (secondary N) is 2. The van der Waals surface area contributed by atoms with E-state index >= 15 is 8.96 Å². The molecule has 2 amide bonds. The standard InChI is InChI=1S/C57H82FN11O14P2S/c1-4-5-6-7-8-9-10-11-12-13-14-15-16-19-39(70)27-40(36(2)3)55(73)67-41(20-17-18-21-46(59)72)42(71)26-37-22-24-38(25-23-37)31-86-85(77)79-30-45-51(48(58)57(81-45)69-35-65-49-52(60)61-32-62-53(49)69)83-84(75,76)78-29-44-43(82-85)28-47(80-44)68-34-66-50-54(68)63-33-64-56(50)74/h22-25,32-36,40-41,43-45,47-48,51,57H,4-21,26-31H2,1-3H3,(H2,59,72)(H,67,73)(H,75,76)(H2,60,61,62)(H,63,64,74)/t40-,41-,43-,44?,45+,47+,48+,51+,57+,85?/m0/s1. The third kappa shape index (κ3) is 18.4. The summed E-state index contributed by atoms with van der Waals surface area (Å²) < 4.78 is 84.0. The lowest BCUT2D eigenvalue weighted by molar-refractivity contribution is -0.133. The van der Waals surface area contributed by atoms with Gasteiger partial charge in [0, 0.05) is 43.8 Å². The van der Waals surface area contributed by atoms with Crippen molar-refractivity contribution in [1.82, 2.24) is 44.4 Å². The molecule has 11 atom stereocenters. The number of nitrogens with zero attached hydrogens (tertiary/aromatic N) is 7. The Labute approximate surface area is 503 Å². The number of ether oxygens (including phenoxy) is 2. The zero-order valence-corrected chi connectivity index (χ0v) is 51.7. The Kier molecular flexibility index (Phi) is 24.6. The molecule has 3 aliphatic rings. The Hall–Kier alpha value is -5.34. The van der Waals surface area contributed by atoms with E-state index in [9.17, 15) is 33.4 Å². The highest BCUT2D eigenvalue weighted by Crippen LogP contribution is 2.64. The third-order valence-corrected chi connectivity index (χ3v) is 20.6. The monoisotopic (exact) mass is 1260 g/mol. The van der Waals surface area contributed by atoms with Crippen LogP contribution in [0.5, 0.6) is 0 Å². The Bertz CT molecular complexity index is 3230. The first-order valence-electron chi connectivity index (χ1n) is 30.0. The van der Waals surface area contributed by atoms with E-state index in [2.05, 4.69) is 42.1 Å². The number of ketones is 2. The van der Waals surface area contributed by atoms with Gasteiger partial charge in [0.15, 0.2) is 40.8 Å². The van der Waals surface area contributed by atoms with E-state index in [1.165, 1.54) is 85.9 Å². The lowest BCUT2D eigenvalue weighted by Crippen LogP contribution is -2.45. The quantitative estimate of drug-likeness (QED) is 0.0198. The number of rotatable bonds is 32. The second kappa shape index (κ2) is 31.7. The summed E-state index contributed by atoms with van der Waals surface area (Å²) in [4.78, 5) is 99.7. The number of halogens is 1. The van der Waals surface area contributed by atoms with Crippen molar-refractivity contribution in [2.24, 2.45) is 17.6 Å². The van der Waals surface area contributed by atoms with Crippen molar-refractivity contribution >= 4 is 77.5 Å². The maximum Gasteiger partial charge on any atom is 0.472 e. The van der Waals surface area contributed by atoms with E-state index in [1.54, 1.807) is 24.3 Å². The molecule has 8 rings (SSSR count). The van der Waals surface area contributed by atoms with Crippen LogP contribution in [0.25, 0.3) is 22.3 Å². The van der Waals surface area contributed by atoms with Gasteiger partial charge in [-0.15, -0.1) is 0 Å². The third-order valence-electron chi connectivity index (χ3n) is 15.9. The average Bonchev–Trinajstić information content (AvgIpc) is 4.26. The second-order valence-electron chi connectivity index (χ2n) is 22.8. The minimum Gasteiger partial charge on any atom is -0.382 e. The summed E-state index contributed by atoms with van der Waals surface area (Å²) in [5, 5.41) is 2.97. The number of amides is 2. The van der Waals surface area contributed by atoms with E-state index in [0.29, 0.717) is 30.4 Å². The number of H-pyrrole nitrogens is 1. The molecule has 86 heavy (non-hydrogen) atoms. The van der Waals surface area contributed by atoms with Crippen LogP contribution in [0.2, 0.25) is 0 Å². The number of carbonyl (C=O) groups excluding carboxylic acids is 4. The number of nitrogens with two attached hydrogens (primary N) is 2. The zero-order valence-electron chi connectivity index (χ0n) is 49.1. The Morgan fingerprint density at radius 1 is 0.791 bits per heavy atom. The van der Waals surface area contributed by atoms with E-state index in [1.807, 2.05) is 13.8 Å². The van der Waals surface area contributed by atoms with E-state index in [0.717, 1.165) is 43.4 Å². The molecule has 0 spiro atoms. The molecule has 0 aliphatic carbocycles. The summed E-state index contributed by atoms with van der Waals surface area (Å²) in [6.45, 7) is 0.225. The van der Waals surface area contributed by atoms with Gasteiger partial charge in [-0.3, -0.25) is 51.2 Å². The lowest BCUT2D eigenvalue weighted by Gasteiger charge is -2.28. The van der Waals surface area contributed by atoms with Gasteiger partial charge in [-0.2, -0.15) is 0 Å². The molecule has 0 radical (unpaired) electrons. The SMILES string of the molecule is CCCCCCCCCCCCCCCC(=O)C[C@H](C(=O)N[C@@H](CCCCC(N)=O)C(=O)Cc1ccc(CSP2(=O)OC[C@H]3O[C@@H](n4cnc5c(N)ncnc54)[C@H](F)[C@@H]3OP(=O)(O)OCC3O[C@@H](n4cnc5c(=O)[nH]cnc54)C[C@@H]3O2)cc1)C(C)C. The van der Waals surface area contributed by atoms with E-state index < -0.39 is 94.3 Å². The number of primary amides is 1. The fraction of sp³-hybridized carbons (Fsp3) is 0.649. The maximum atomic E-state index is 16.7. The van der Waals surface area contributed by atoms with Crippen molar-refractivity contribution in [3.8, 4) is 0 Å². The van der Waals surface area contributed by atoms with Crippen LogP contribution < -0.4 is 22.3 Å². The number of hydrogen-bond acceptors (Lipinski definition) is 20. The van der Waals surface area contributed by atoms with Gasteiger partial charge >= 0.3 is 14.6 Å². The molecular formula is C57H82FN11O14P2S. The number of anilines is 1. The summed E-state index contributed by atoms with van der Waals surface area (Å²) in [5.41, 5.74) is 12.5. The average molecular weight is 1260 g/mol. The number of Topliss-reactive ketones (excluding diaryl/α,β-unsaturated/α-hetero) is 2. The summed E-state index contributed by atoms with van der Waals surface area (Å²) in [5.74, 6) is -1.89. The van der Waals surface area contributed by atoms with E-state index in [-0.39, 0.29) is 89.4 Å². The van der Waals surface area contributed by atoms with Gasteiger partial charge in [-0.05, 0) is 47.7 Å². The number of hydrogen-bond donors (Lipinski definition) is 5. The smallest absolute Gasteiger partial charge is 0.382 e. The van der Waals surface area contributed by atoms with Crippen molar-refractivity contribution in [3.63, 3.8) is 0 Å². The molecule has 0 bridgehead atoms. The van der Waals surface area contributed by atoms with Crippen molar-refractivity contribution < 1.29 is 65.2 Å². The predicted molar refractivity (Wildman–Crippen MR) is 319 cm³/mol. The van der Waals surface area contributed by atoms with Crippen molar-refractivity contribution in [2.75, 3.05) is 18.9 Å². The molecule has 0 saturated carbocycles. The normalized spacial score (nSPS) is 25.1. The Balaban J connectivity index is 0.915. The Morgan fingerprint density at radius 2 is 1.43 bits per heavy atom. The highest BCUT2D eigenvalue weighted by Gasteiger charge is 2.53. The van der Waals surface area contributed by atoms with Gasteiger partial charge < -0.3 is 36.1 Å². The van der Waals surface area contributed by atoms with Gasteiger partial charge in [0.25, 0.3) is 5.56 Å². The number of nitrogen functional groups attached to an aromatic ring is 1. The molecule has 7 heterocycles. The number of aromatic amines is 1. The molecule has 1 aromatic carbocycles. The number of imidazole rings is 2. The number of benzene rings is 1. The minimum atomic E-state index is -5.12. The molecule has 7 N–H and O–H groups in total. The molecule has 29 heteroatoms. The largest absolute Gasteiger partial charge is 0.472 e. The predicted octanol–water partition coefficient (Wildman–Crippen LogP) is 9.38. The number of alkyl halides is 1. The van der Waals surface area contributed by atoms with Crippen molar-refractivity contribution in [3.05, 3.63) is 71.1 Å². The van der Waals surface area contributed by atoms with Gasteiger partial charge in [0.1, 0.15) is 48.3 Å². The van der Waals surface area contributed by atoms with Crippen molar-refractivity contribution in [2.45, 2.75) is 210 Å². The topological polar surface area (TPSA) is 349 Å². The van der Waals surface area contributed by atoms with Crippen LogP contribution in [0.3, 0.4) is 0 Å². The number of phosphoric ester groups is 1. The molecule has 25 nitrogen and oxygen atoms in total. The number of unbranched alkanes of at least 4 members (excludes halogenated alkanes) is 13. The molecule has 472 valence electrons. The fourth-order valence-electron chi connectivity index (χ4n) is 11.0. The van der Waals surface area contributed by atoms with Crippen LogP contribution in [0.15, 0.2) is 54.4 Å². The highest BCUT2D eigenvalue weighted by molar-refractivity contribution is 8.54. The minimum absolute atomic E-state index is 0.00353. The zero-order chi connectivity index (χ0) is 61.4. The van der Waals surface area contributed by atoms with Gasteiger partial charge in [0.05, 0.1) is 38.2 Å². The van der Waals surface area contributed by atoms with E-state index in [4.69, 9.17) is 39.0 Å². The van der Waals surface area contributed by atoms with Crippen LogP contribution in [-0.4, -0.2) is 117 Å². The van der Waals surface area contributed by atoms with Crippen LogP contribution >= 0.6 is 26.0 Å². The molecular weight excluding hydrogens is 1180 g/mol. The molecule has 3 aliphatic heterocycles. The second-order valence-corrected chi connectivity index (χ2v) is 28.3. The number of aromatic nitrogens is 8. The fourth-order valence-corrected chi connectivity index (χ4v) is 15.4. The number of phosphoric acid groups is 1. The Morgan fingerprint density at radius 3 is 2.13 bits per heavy atom. The van der Waals surface area contributed by atoms with Crippen LogP contribution in [0, 0.1) is 11.8 Å². The first-order valence-corrected chi connectivity index (χ1v) is 34.7. The molecule has 4 aromatic heterocycles. The van der Waals surface area contributed by atoms with Crippen LogP contribution in [-0.2, 0) is 68.1 Å². The summed E-state index contributed by atoms with van der Waals surface area (Å²) >= 11 is 0.784. The van der Waals surface area contributed by atoms with Gasteiger partial charge in [-0.25, -0.2) is 38.4 Å². The first kappa shape index (κ1) is 66.6. The van der Waals surface area contributed by atoms with Crippen molar-refractivity contribution in [1.29, 1.82) is 0 Å². The summed E-state index contributed by atoms with van der Waals surface area (Å²) in [6, 6.07) is 6.00. The number of carbonyl (C=O) groups is 4. The lowest BCUT2D eigenvalue weighted by atomic mass is 9.87. The maximum absolute atomic E-state index is 16.7. The van der Waals surface area contributed by atoms with Gasteiger partial charge in [-0.1, -0.05) is 129 Å². The molecule has 5 aromatic rings. The molecule has 3 saturated heterocycles. The van der Waals surface area contributed by atoms with Crippen LogP contribution in [0.1, 0.15) is 173 Å². The number of fused-ring (bicyclic) bond motifs is 4. The molecule has 3 fully saturated rings. The van der Waals surface area contributed by atoms with Gasteiger partial charge in [0.2, 0.25) is 11.8 Å².